The fraction of sp³-hybridized carbons (Fsp3) is 0.909. The van der Waals surface area contributed by atoms with Crippen molar-refractivity contribution in [1.82, 2.24) is 0 Å². The molecule has 5 heteroatoms. The van der Waals surface area contributed by atoms with Crippen LogP contribution < -0.4 is 0 Å². The van der Waals surface area contributed by atoms with Crippen molar-refractivity contribution in [2.24, 2.45) is 0 Å². The lowest BCUT2D eigenvalue weighted by molar-refractivity contribution is -0.200. The molecule has 0 unspecified atom stereocenters. The highest BCUT2D eigenvalue weighted by atomic mass is 16.8. The summed E-state index contributed by atoms with van der Waals surface area (Å²) in [6.07, 6.45) is 2.76. The molecule has 1 saturated heterocycles. The van der Waals surface area contributed by atoms with E-state index < -0.39 is 30.7 Å². The standard InChI is InChI=1S/C11H18O5/c12-6-8(14)10-9(7-13)15-11(16-10)4-2-1-3-5-11/h7-10,12,14H,1-6H2/t8-,9+,10-/m1/s1. The van der Waals surface area contributed by atoms with Crippen LogP contribution in [0.3, 0.4) is 0 Å². The second-order valence-electron chi connectivity index (χ2n) is 4.52. The van der Waals surface area contributed by atoms with Crippen molar-refractivity contribution in [2.75, 3.05) is 6.61 Å². The lowest BCUT2D eigenvalue weighted by Gasteiger charge is -2.32. The molecular formula is C11H18O5. The van der Waals surface area contributed by atoms with Crippen molar-refractivity contribution in [3.63, 3.8) is 0 Å². The molecule has 0 amide bonds. The zero-order valence-corrected chi connectivity index (χ0v) is 9.17. The van der Waals surface area contributed by atoms with E-state index in [2.05, 4.69) is 0 Å². The smallest absolute Gasteiger partial charge is 0.170 e. The average Bonchev–Trinajstić information content (AvgIpc) is 2.68. The van der Waals surface area contributed by atoms with Crippen molar-refractivity contribution >= 4 is 6.29 Å². The number of hydrogen-bond donors (Lipinski definition) is 2. The number of aliphatic hydroxyl groups excluding tert-OH is 2. The Morgan fingerprint density at radius 3 is 2.56 bits per heavy atom. The first-order chi connectivity index (χ1) is 7.71. The van der Waals surface area contributed by atoms with Crippen LogP contribution in [0, 0.1) is 0 Å². The Balaban J connectivity index is 2.07. The molecule has 0 aromatic rings. The number of carbonyl (C=O) groups excluding carboxylic acids is 1. The predicted octanol–water partition coefficient (Wildman–Crippen LogP) is -0.0171. The van der Waals surface area contributed by atoms with Crippen LogP contribution in [0.25, 0.3) is 0 Å². The Morgan fingerprint density at radius 1 is 1.31 bits per heavy atom. The van der Waals surface area contributed by atoms with E-state index in [0.29, 0.717) is 6.29 Å². The van der Waals surface area contributed by atoms with Gasteiger partial charge in [-0.15, -0.1) is 0 Å². The van der Waals surface area contributed by atoms with Crippen LogP contribution in [0.15, 0.2) is 0 Å². The summed E-state index contributed by atoms with van der Waals surface area (Å²) in [6.45, 7) is -0.422. The molecular weight excluding hydrogens is 212 g/mol. The largest absolute Gasteiger partial charge is 0.394 e. The van der Waals surface area contributed by atoms with Gasteiger partial charge in [0.15, 0.2) is 12.1 Å². The normalized spacial score (nSPS) is 35.1. The minimum atomic E-state index is -1.06. The summed E-state index contributed by atoms with van der Waals surface area (Å²) in [6, 6.07) is 0. The van der Waals surface area contributed by atoms with E-state index in [0.717, 1.165) is 32.1 Å². The maximum Gasteiger partial charge on any atom is 0.170 e. The average molecular weight is 230 g/mol. The Hall–Kier alpha value is -0.490. The molecule has 1 aliphatic heterocycles. The summed E-state index contributed by atoms with van der Waals surface area (Å²) in [5.41, 5.74) is 0. The fourth-order valence-corrected chi connectivity index (χ4v) is 2.49. The molecule has 92 valence electrons. The zero-order chi connectivity index (χ0) is 11.6. The third kappa shape index (κ3) is 2.13. The zero-order valence-electron chi connectivity index (χ0n) is 9.17. The molecule has 1 heterocycles. The summed E-state index contributed by atoms with van der Waals surface area (Å²) in [7, 11) is 0. The van der Waals surface area contributed by atoms with E-state index in [1.54, 1.807) is 0 Å². The van der Waals surface area contributed by atoms with E-state index >= 15 is 0 Å². The number of aldehydes is 1. The van der Waals surface area contributed by atoms with Crippen LogP contribution in [0.4, 0.5) is 0 Å². The van der Waals surface area contributed by atoms with Crippen molar-refractivity contribution in [1.29, 1.82) is 0 Å². The molecule has 2 aliphatic rings. The number of rotatable bonds is 3. The maximum atomic E-state index is 10.9. The highest BCUT2D eigenvalue weighted by molar-refractivity contribution is 5.58. The Morgan fingerprint density at radius 2 is 2.00 bits per heavy atom. The van der Waals surface area contributed by atoms with Crippen LogP contribution in [0.5, 0.6) is 0 Å². The molecule has 1 aliphatic carbocycles. The topological polar surface area (TPSA) is 76.0 Å². The first-order valence-electron chi connectivity index (χ1n) is 5.81. The Bertz CT molecular complexity index is 249. The van der Waals surface area contributed by atoms with Gasteiger partial charge in [-0.1, -0.05) is 6.42 Å². The summed E-state index contributed by atoms with van der Waals surface area (Å²) in [5.74, 6) is -0.704. The van der Waals surface area contributed by atoms with Crippen LogP contribution >= 0.6 is 0 Å². The number of carbonyl (C=O) groups is 1. The molecule has 0 aromatic carbocycles. The van der Waals surface area contributed by atoms with Gasteiger partial charge in [0, 0.05) is 12.8 Å². The Kier molecular flexibility index (Phi) is 3.59. The van der Waals surface area contributed by atoms with Gasteiger partial charge in [-0.2, -0.15) is 0 Å². The number of aliphatic hydroxyl groups is 2. The summed E-state index contributed by atoms with van der Waals surface area (Å²) in [5, 5.41) is 18.5. The molecule has 0 aromatic heterocycles. The van der Waals surface area contributed by atoms with Gasteiger partial charge < -0.3 is 24.5 Å². The molecule has 2 N–H and O–H groups in total. The van der Waals surface area contributed by atoms with Crippen LogP contribution in [0.2, 0.25) is 0 Å². The summed E-state index contributed by atoms with van der Waals surface area (Å²) in [4.78, 5) is 10.9. The summed E-state index contributed by atoms with van der Waals surface area (Å²) < 4.78 is 11.3. The SMILES string of the molecule is O=C[C@@H]1OC2(CCCCC2)O[C@@H]1[C@H](O)CO. The highest BCUT2D eigenvalue weighted by Gasteiger charge is 2.50. The first kappa shape index (κ1) is 12.0. The van der Waals surface area contributed by atoms with Crippen LogP contribution in [-0.2, 0) is 14.3 Å². The first-order valence-corrected chi connectivity index (χ1v) is 5.81. The third-order valence-corrected chi connectivity index (χ3v) is 3.34. The van der Waals surface area contributed by atoms with Crippen molar-refractivity contribution in [3.8, 4) is 0 Å². The van der Waals surface area contributed by atoms with E-state index in [1.807, 2.05) is 0 Å². The molecule has 5 nitrogen and oxygen atoms in total. The second-order valence-corrected chi connectivity index (χ2v) is 4.52. The van der Waals surface area contributed by atoms with Crippen molar-refractivity contribution in [3.05, 3.63) is 0 Å². The molecule has 16 heavy (non-hydrogen) atoms. The fourth-order valence-electron chi connectivity index (χ4n) is 2.49. The Labute approximate surface area is 94.4 Å². The number of ether oxygens (including phenoxy) is 2. The van der Waals surface area contributed by atoms with Gasteiger partial charge in [-0.25, -0.2) is 0 Å². The molecule has 0 bridgehead atoms. The lowest BCUT2D eigenvalue weighted by Crippen LogP contribution is -2.39. The van der Waals surface area contributed by atoms with Gasteiger partial charge in [-0.05, 0) is 12.8 Å². The van der Waals surface area contributed by atoms with E-state index in [-0.39, 0.29) is 0 Å². The molecule has 2 rings (SSSR count). The van der Waals surface area contributed by atoms with Gasteiger partial charge >= 0.3 is 0 Å². The molecule has 2 fully saturated rings. The van der Waals surface area contributed by atoms with Gasteiger partial charge in [0.1, 0.15) is 18.3 Å². The van der Waals surface area contributed by atoms with E-state index in [4.69, 9.17) is 14.6 Å². The second kappa shape index (κ2) is 4.79. The van der Waals surface area contributed by atoms with Gasteiger partial charge in [0.25, 0.3) is 0 Å². The minimum absolute atomic E-state index is 0.422. The van der Waals surface area contributed by atoms with Crippen molar-refractivity contribution in [2.45, 2.75) is 56.2 Å². The molecule has 3 atom stereocenters. The molecule has 1 spiro atoms. The van der Waals surface area contributed by atoms with Gasteiger partial charge in [-0.3, -0.25) is 0 Å². The third-order valence-electron chi connectivity index (χ3n) is 3.34. The van der Waals surface area contributed by atoms with Gasteiger partial charge in [0.05, 0.1) is 6.61 Å². The monoisotopic (exact) mass is 230 g/mol. The van der Waals surface area contributed by atoms with E-state index in [9.17, 15) is 9.90 Å². The lowest BCUT2D eigenvalue weighted by atomic mass is 9.94. The van der Waals surface area contributed by atoms with E-state index in [1.165, 1.54) is 0 Å². The highest BCUT2D eigenvalue weighted by Crippen LogP contribution is 2.40. The predicted molar refractivity (Wildman–Crippen MR) is 54.7 cm³/mol. The maximum absolute atomic E-state index is 10.9. The quantitative estimate of drug-likeness (QED) is 0.666. The van der Waals surface area contributed by atoms with Gasteiger partial charge in [0.2, 0.25) is 0 Å². The molecule has 0 radical (unpaired) electrons. The molecule has 1 saturated carbocycles. The van der Waals surface area contributed by atoms with Crippen LogP contribution in [0.1, 0.15) is 32.1 Å². The van der Waals surface area contributed by atoms with Crippen LogP contribution in [-0.4, -0.2) is 47.2 Å². The summed E-state index contributed by atoms with van der Waals surface area (Å²) >= 11 is 0. The minimum Gasteiger partial charge on any atom is -0.394 e. The number of hydrogen-bond acceptors (Lipinski definition) is 5. The van der Waals surface area contributed by atoms with Crippen molar-refractivity contribution < 1.29 is 24.5 Å².